The second kappa shape index (κ2) is 7.40. The van der Waals surface area contributed by atoms with Gasteiger partial charge >= 0.3 is 0 Å². The van der Waals surface area contributed by atoms with E-state index in [-0.39, 0.29) is 11.7 Å². The first-order valence-corrected chi connectivity index (χ1v) is 9.59. The monoisotopic (exact) mass is 347 g/mol. The number of Topliss-reactive ketones (excluding diaryl/α,β-unsaturated/α-hetero) is 1. The Labute approximate surface area is 155 Å². The summed E-state index contributed by atoms with van der Waals surface area (Å²) in [5.74, 6) is 1.19. The minimum absolute atomic E-state index is 0.177. The van der Waals surface area contributed by atoms with Gasteiger partial charge in [0.25, 0.3) is 0 Å². The fraction of sp³-hybridized carbons (Fsp3) is 0.409. The molecule has 2 heterocycles. The molecule has 1 aliphatic heterocycles. The number of aryl methyl sites for hydroxylation is 1. The molecule has 1 aromatic heterocycles. The van der Waals surface area contributed by atoms with E-state index in [9.17, 15) is 4.79 Å². The average Bonchev–Trinajstić information content (AvgIpc) is 2.67. The highest BCUT2D eigenvalue weighted by Crippen LogP contribution is 2.29. The van der Waals surface area contributed by atoms with E-state index >= 15 is 0 Å². The van der Waals surface area contributed by atoms with Crippen molar-refractivity contribution in [3.8, 4) is 0 Å². The Balaban J connectivity index is 1.59. The van der Waals surface area contributed by atoms with Gasteiger partial charge < -0.3 is 4.90 Å². The molecule has 1 saturated heterocycles. The molecule has 4 nitrogen and oxygen atoms in total. The molecule has 1 atom stereocenters. The van der Waals surface area contributed by atoms with Gasteiger partial charge in [-0.15, -0.1) is 0 Å². The van der Waals surface area contributed by atoms with Crippen molar-refractivity contribution < 1.29 is 4.79 Å². The molecule has 0 spiro atoms. The van der Waals surface area contributed by atoms with Crippen molar-refractivity contribution in [2.75, 3.05) is 18.0 Å². The van der Waals surface area contributed by atoms with Gasteiger partial charge in [-0.25, -0.2) is 9.97 Å². The molecule has 134 valence electrons. The molecule has 2 aromatic rings. The summed E-state index contributed by atoms with van der Waals surface area (Å²) in [5, 5.41) is 0. The van der Waals surface area contributed by atoms with Crippen LogP contribution in [0.15, 0.2) is 36.4 Å². The lowest BCUT2D eigenvalue weighted by Gasteiger charge is -2.29. The Morgan fingerprint density at radius 3 is 2.58 bits per heavy atom. The molecule has 0 bridgehead atoms. The summed E-state index contributed by atoms with van der Waals surface area (Å²) in [7, 11) is 0. The minimum atomic E-state index is 0.177. The lowest BCUT2D eigenvalue weighted by atomic mass is 9.85. The first-order valence-electron chi connectivity index (χ1n) is 9.59. The number of anilines is 1. The van der Waals surface area contributed by atoms with Gasteiger partial charge in [0.1, 0.15) is 0 Å². The molecule has 4 heteroatoms. The van der Waals surface area contributed by atoms with Crippen LogP contribution in [0.25, 0.3) is 6.08 Å². The second-order valence-electron chi connectivity index (χ2n) is 7.34. The first kappa shape index (κ1) is 17.0. The predicted octanol–water partition coefficient (Wildman–Crippen LogP) is 4.23. The number of carbonyl (C=O) groups excluding carboxylic acids is 1. The van der Waals surface area contributed by atoms with Gasteiger partial charge in [-0.1, -0.05) is 42.5 Å². The van der Waals surface area contributed by atoms with Crippen molar-refractivity contribution >= 4 is 17.8 Å². The van der Waals surface area contributed by atoms with Crippen molar-refractivity contribution in [3.05, 3.63) is 58.9 Å². The summed E-state index contributed by atoms with van der Waals surface area (Å²) in [6.45, 7) is 3.99. The third-order valence-corrected chi connectivity index (χ3v) is 5.33. The average molecular weight is 347 g/mol. The summed E-state index contributed by atoms with van der Waals surface area (Å²) < 4.78 is 0. The number of ketones is 1. The zero-order valence-corrected chi connectivity index (χ0v) is 15.3. The molecule has 0 saturated carbocycles. The standard InChI is InChI=1S/C22H25N3O/c1-16-21-19(24-22(23-16)25-12-6-3-7-13-25)14-18(15-20(21)26)11-10-17-8-4-2-5-9-17/h2,4-5,8-11,18H,3,6-7,12-15H2,1H3/b11-10+. The highest BCUT2D eigenvalue weighted by molar-refractivity contribution is 5.99. The van der Waals surface area contributed by atoms with E-state index in [1.54, 1.807) is 0 Å². The van der Waals surface area contributed by atoms with Crippen molar-refractivity contribution in [2.45, 2.75) is 39.0 Å². The second-order valence-corrected chi connectivity index (χ2v) is 7.34. The third kappa shape index (κ3) is 3.55. The highest BCUT2D eigenvalue weighted by Gasteiger charge is 2.28. The lowest BCUT2D eigenvalue weighted by Crippen LogP contribution is -2.32. The summed E-state index contributed by atoms with van der Waals surface area (Å²) >= 11 is 0. The maximum absolute atomic E-state index is 12.7. The number of fused-ring (bicyclic) bond motifs is 1. The van der Waals surface area contributed by atoms with E-state index in [0.717, 1.165) is 42.4 Å². The summed E-state index contributed by atoms with van der Waals surface area (Å²) in [5.41, 5.74) is 3.69. The van der Waals surface area contributed by atoms with Crippen LogP contribution in [0.5, 0.6) is 0 Å². The summed E-state index contributed by atoms with van der Waals surface area (Å²) in [4.78, 5) is 24.4. The predicted molar refractivity (Wildman–Crippen MR) is 104 cm³/mol. The summed E-state index contributed by atoms with van der Waals surface area (Å²) in [6, 6.07) is 10.2. The van der Waals surface area contributed by atoms with E-state index in [4.69, 9.17) is 4.98 Å². The molecule has 1 aliphatic carbocycles. The van der Waals surface area contributed by atoms with E-state index in [0.29, 0.717) is 6.42 Å². The van der Waals surface area contributed by atoms with Crippen molar-refractivity contribution in [1.29, 1.82) is 0 Å². The number of benzene rings is 1. The number of rotatable bonds is 3. The molecule has 2 aliphatic rings. The van der Waals surface area contributed by atoms with Gasteiger partial charge in [0.15, 0.2) is 5.78 Å². The number of carbonyl (C=O) groups is 1. The van der Waals surface area contributed by atoms with Crippen LogP contribution in [-0.2, 0) is 6.42 Å². The topological polar surface area (TPSA) is 46.1 Å². The number of nitrogens with zero attached hydrogens (tertiary/aromatic N) is 3. The molecule has 1 unspecified atom stereocenters. The Morgan fingerprint density at radius 2 is 1.81 bits per heavy atom. The van der Waals surface area contributed by atoms with Gasteiger partial charge in [-0.3, -0.25) is 4.79 Å². The van der Waals surface area contributed by atoms with Crippen molar-refractivity contribution in [3.63, 3.8) is 0 Å². The molecule has 26 heavy (non-hydrogen) atoms. The summed E-state index contributed by atoms with van der Waals surface area (Å²) in [6.07, 6.45) is 9.31. The number of aromatic nitrogens is 2. The first-order chi connectivity index (χ1) is 12.7. The molecule has 0 N–H and O–H groups in total. The molecule has 0 amide bonds. The van der Waals surface area contributed by atoms with Crippen LogP contribution in [0.4, 0.5) is 5.95 Å². The fourth-order valence-electron chi connectivity index (χ4n) is 3.97. The normalized spacial score (nSPS) is 20.4. The number of allylic oxidation sites excluding steroid dienone is 1. The van der Waals surface area contributed by atoms with Crippen molar-refractivity contribution in [2.24, 2.45) is 5.92 Å². The highest BCUT2D eigenvalue weighted by atomic mass is 16.1. The number of piperidine rings is 1. The van der Waals surface area contributed by atoms with Gasteiger partial charge in [-0.2, -0.15) is 0 Å². The largest absolute Gasteiger partial charge is 0.341 e. The molecule has 1 fully saturated rings. The smallest absolute Gasteiger partial charge is 0.225 e. The maximum atomic E-state index is 12.7. The zero-order chi connectivity index (χ0) is 17.9. The van der Waals surface area contributed by atoms with Crippen LogP contribution in [0.1, 0.15) is 53.0 Å². The maximum Gasteiger partial charge on any atom is 0.225 e. The molecule has 1 aromatic carbocycles. The van der Waals surface area contributed by atoms with Gasteiger partial charge in [0, 0.05) is 19.5 Å². The molecule has 4 rings (SSSR count). The Bertz CT molecular complexity index is 823. The van der Waals surface area contributed by atoms with E-state index in [1.165, 1.54) is 24.8 Å². The quantitative estimate of drug-likeness (QED) is 0.833. The molecular formula is C22H25N3O. The zero-order valence-electron chi connectivity index (χ0n) is 15.3. The SMILES string of the molecule is Cc1nc(N2CCCCC2)nc2c1C(=O)CC(/C=C/c1ccccc1)C2. The van der Waals surface area contributed by atoms with Crippen LogP contribution < -0.4 is 4.90 Å². The van der Waals surface area contributed by atoms with E-state index in [1.807, 2.05) is 25.1 Å². The fourth-order valence-corrected chi connectivity index (χ4v) is 3.97. The van der Waals surface area contributed by atoms with Gasteiger partial charge in [0.05, 0.1) is 17.0 Å². The lowest BCUT2D eigenvalue weighted by molar-refractivity contribution is 0.0956. The Hall–Kier alpha value is -2.49. The third-order valence-electron chi connectivity index (χ3n) is 5.33. The van der Waals surface area contributed by atoms with Crippen LogP contribution >= 0.6 is 0 Å². The van der Waals surface area contributed by atoms with Gasteiger partial charge in [0.2, 0.25) is 5.95 Å². The number of hydrogen-bond acceptors (Lipinski definition) is 4. The van der Waals surface area contributed by atoms with Crippen LogP contribution in [-0.4, -0.2) is 28.8 Å². The Kier molecular flexibility index (Phi) is 4.83. The van der Waals surface area contributed by atoms with Crippen LogP contribution in [0, 0.1) is 12.8 Å². The van der Waals surface area contributed by atoms with Gasteiger partial charge in [-0.05, 0) is 44.1 Å². The minimum Gasteiger partial charge on any atom is -0.341 e. The molecule has 0 radical (unpaired) electrons. The number of hydrogen-bond donors (Lipinski definition) is 0. The van der Waals surface area contributed by atoms with Crippen molar-refractivity contribution in [1.82, 2.24) is 9.97 Å². The van der Waals surface area contributed by atoms with Crippen LogP contribution in [0.3, 0.4) is 0 Å². The molecular weight excluding hydrogens is 322 g/mol. The Morgan fingerprint density at radius 1 is 1.04 bits per heavy atom. The van der Waals surface area contributed by atoms with Crippen LogP contribution in [0.2, 0.25) is 0 Å². The van der Waals surface area contributed by atoms with E-state index < -0.39 is 0 Å². The van der Waals surface area contributed by atoms with E-state index in [2.05, 4.69) is 34.2 Å².